The Labute approximate surface area is 130 Å². The number of nitrogens with two attached hydrogens (primary N) is 1. The summed E-state index contributed by atoms with van der Waals surface area (Å²) in [6.07, 6.45) is 2.62. The zero-order chi connectivity index (χ0) is 15.4. The molecule has 4 nitrogen and oxygen atoms in total. The van der Waals surface area contributed by atoms with Gasteiger partial charge in [0.25, 0.3) is 0 Å². The number of halogens is 1. The molecule has 0 aromatic heterocycles. The lowest BCUT2D eigenvalue weighted by atomic mass is 9.92. The molecule has 1 aliphatic rings. The van der Waals surface area contributed by atoms with Gasteiger partial charge in [0.2, 0.25) is 11.8 Å². The second-order valence-corrected chi connectivity index (χ2v) is 5.93. The third-order valence-corrected chi connectivity index (χ3v) is 4.39. The highest BCUT2D eigenvalue weighted by Crippen LogP contribution is 2.30. The predicted molar refractivity (Wildman–Crippen MR) is 83.0 cm³/mol. The standard InChI is InChI=1S/C16H21ClN2O2/c1-2-14(16(18)21)19-9-8-11(6-7-15(19)20)12-4-3-5-13(17)10-12/h3-5,10-11,14H,2,6-9H2,1H3,(H2,18,21). The van der Waals surface area contributed by atoms with Gasteiger partial charge in [-0.15, -0.1) is 0 Å². The van der Waals surface area contributed by atoms with Gasteiger partial charge in [0.05, 0.1) is 0 Å². The van der Waals surface area contributed by atoms with Crippen LogP contribution in [-0.2, 0) is 9.59 Å². The molecule has 21 heavy (non-hydrogen) atoms. The van der Waals surface area contributed by atoms with Gasteiger partial charge in [-0.1, -0.05) is 30.7 Å². The van der Waals surface area contributed by atoms with Gasteiger partial charge in [-0.3, -0.25) is 9.59 Å². The van der Waals surface area contributed by atoms with E-state index in [-0.39, 0.29) is 5.91 Å². The molecule has 2 atom stereocenters. The van der Waals surface area contributed by atoms with Crippen LogP contribution >= 0.6 is 11.6 Å². The maximum Gasteiger partial charge on any atom is 0.240 e. The van der Waals surface area contributed by atoms with Crippen LogP contribution in [0.25, 0.3) is 0 Å². The first-order valence-corrected chi connectivity index (χ1v) is 7.75. The van der Waals surface area contributed by atoms with Gasteiger partial charge in [-0.25, -0.2) is 0 Å². The largest absolute Gasteiger partial charge is 0.368 e. The number of likely N-dealkylation sites (tertiary alicyclic amines) is 1. The average molecular weight is 309 g/mol. The number of primary amides is 1. The Morgan fingerprint density at radius 2 is 2.24 bits per heavy atom. The molecule has 2 unspecified atom stereocenters. The minimum Gasteiger partial charge on any atom is -0.368 e. The summed E-state index contributed by atoms with van der Waals surface area (Å²) in [7, 11) is 0. The van der Waals surface area contributed by atoms with Gasteiger partial charge in [0.1, 0.15) is 6.04 Å². The van der Waals surface area contributed by atoms with Gasteiger partial charge in [-0.05, 0) is 42.9 Å². The van der Waals surface area contributed by atoms with E-state index in [1.165, 1.54) is 0 Å². The summed E-state index contributed by atoms with van der Waals surface area (Å²) in [6, 6.07) is 7.29. The Bertz CT molecular complexity index is 533. The number of carbonyl (C=O) groups excluding carboxylic acids is 2. The van der Waals surface area contributed by atoms with E-state index >= 15 is 0 Å². The normalized spacial score (nSPS) is 21.0. The minimum absolute atomic E-state index is 0.0187. The van der Waals surface area contributed by atoms with E-state index in [1.807, 2.05) is 31.2 Å². The van der Waals surface area contributed by atoms with Crippen molar-refractivity contribution in [3.8, 4) is 0 Å². The van der Waals surface area contributed by atoms with E-state index in [9.17, 15) is 9.59 Å². The fourth-order valence-electron chi connectivity index (χ4n) is 3.00. The number of benzene rings is 1. The molecule has 1 aliphatic heterocycles. The number of nitrogens with zero attached hydrogens (tertiary/aromatic N) is 1. The number of rotatable bonds is 4. The Morgan fingerprint density at radius 1 is 1.48 bits per heavy atom. The van der Waals surface area contributed by atoms with Crippen LogP contribution < -0.4 is 5.73 Å². The Balaban J connectivity index is 2.13. The summed E-state index contributed by atoms with van der Waals surface area (Å²) in [5.41, 5.74) is 6.56. The summed E-state index contributed by atoms with van der Waals surface area (Å²) < 4.78 is 0. The Hall–Kier alpha value is -1.55. The third kappa shape index (κ3) is 3.76. The van der Waals surface area contributed by atoms with E-state index in [2.05, 4.69) is 0 Å². The molecule has 1 aromatic rings. The number of amides is 2. The van der Waals surface area contributed by atoms with Gasteiger partial charge in [0.15, 0.2) is 0 Å². The second-order valence-electron chi connectivity index (χ2n) is 5.49. The monoisotopic (exact) mass is 308 g/mol. The fraction of sp³-hybridized carbons (Fsp3) is 0.500. The van der Waals surface area contributed by atoms with Crippen LogP contribution in [0.4, 0.5) is 0 Å². The first-order valence-electron chi connectivity index (χ1n) is 7.37. The molecule has 1 fully saturated rings. The predicted octanol–water partition coefficient (Wildman–Crippen LogP) is 2.70. The maximum atomic E-state index is 12.3. The van der Waals surface area contributed by atoms with Crippen LogP contribution in [0.2, 0.25) is 5.02 Å². The summed E-state index contributed by atoms with van der Waals surface area (Å²) in [6.45, 7) is 2.44. The van der Waals surface area contributed by atoms with Crippen molar-refractivity contribution >= 4 is 23.4 Å². The van der Waals surface area contributed by atoms with Crippen molar-refractivity contribution in [1.82, 2.24) is 4.90 Å². The first-order chi connectivity index (χ1) is 10.0. The summed E-state index contributed by atoms with van der Waals surface area (Å²) >= 11 is 6.04. The van der Waals surface area contributed by atoms with Gasteiger partial charge in [-0.2, -0.15) is 0 Å². The van der Waals surface area contributed by atoms with Crippen molar-refractivity contribution in [2.24, 2.45) is 5.73 Å². The zero-order valence-corrected chi connectivity index (χ0v) is 13.0. The van der Waals surface area contributed by atoms with Gasteiger partial charge >= 0.3 is 0 Å². The van der Waals surface area contributed by atoms with Crippen LogP contribution in [0.5, 0.6) is 0 Å². The van der Waals surface area contributed by atoms with Gasteiger partial charge < -0.3 is 10.6 Å². The molecule has 0 bridgehead atoms. The van der Waals surface area contributed by atoms with E-state index < -0.39 is 11.9 Å². The molecule has 1 aromatic carbocycles. The molecule has 1 heterocycles. The van der Waals surface area contributed by atoms with Crippen molar-refractivity contribution in [1.29, 1.82) is 0 Å². The SMILES string of the molecule is CCC(C(N)=O)N1CCC(c2cccc(Cl)c2)CCC1=O. The van der Waals surface area contributed by atoms with Crippen molar-refractivity contribution in [3.05, 3.63) is 34.9 Å². The van der Waals surface area contributed by atoms with Crippen molar-refractivity contribution in [3.63, 3.8) is 0 Å². The molecule has 0 aliphatic carbocycles. The number of hydrogen-bond acceptors (Lipinski definition) is 2. The molecule has 0 radical (unpaired) electrons. The lowest BCUT2D eigenvalue weighted by Gasteiger charge is -2.27. The van der Waals surface area contributed by atoms with Crippen LogP contribution in [-0.4, -0.2) is 29.3 Å². The zero-order valence-electron chi connectivity index (χ0n) is 12.2. The number of hydrogen-bond donors (Lipinski definition) is 1. The quantitative estimate of drug-likeness (QED) is 0.929. The summed E-state index contributed by atoms with van der Waals surface area (Å²) in [4.78, 5) is 25.4. The third-order valence-electron chi connectivity index (χ3n) is 4.16. The second kappa shape index (κ2) is 6.94. The summed E-state index contributed by atoms with van der Waals surface area (Å²) in [5.74, 6) is -0.111. The molecule has 1 saturated heterocycles. The van der Waals surface area contributed by atoms with Crippen molar-refractivity contribution in [2.75, 3.05) is 6.54 Å². The van der Waals surface area contributed by atoms with Crippen molar-refractivity contribution < 1.29 is 9.59 Å². The molecule has 0 saturated carbocycles. The Kier molecular flexibility index (Phi) is 5.23. The topological polar surface area (TPSA) is 63.4 Å². The highest BCUT2D eigenvalue weighted by Gasteiger charge is 2.30. The van der Waals surface area contributed by atoms with Crippen molar-refractivity contribution in [2.45, 2.75) is 44.6 Å². The lowest BCUT2D eigenvalue weighted by Crippen LogP contribution is -2.47. The van der Waals surface area contributed by atoms with Crippen LogP contribution in [0.1, 0.15) is 44.1 Å². The van der Waals surface area contributed by atoms with Crippen LogP contribution in [0.3, 0.4) is 0 Å². The smallest absolute Gasteiger partial charge is 0.240 e. The first kappa shape index (κ1) is 15.8. The van der Waals surface area contributed by atoms with Crippen LogP contribution in [0, 0.1) is 0 Å². The molecular weight excluding hydrogens is 288 g/mol. The Morgan fingerprint density at radius 3 is 2.86 bits per heavy atom. The molecule has 2 rings (SSSR count). The molecule has 2 N–H and O–H groups in total. The molecule has 2 amide bonds. The molecular formula is C16H21ClN2O2. The number of carbonyl (C=O) groups is 2. The van der Waals surface area contributed by atoms with E-state index in [1.54, 1.807) is 4.90 Å². The van der Waals surface area contributed by atoms with E-state index in [0.717, 1.165) is 18.4 Å². The maximum absolute atomic E-state index is 12.3. The minimum atomic E-state index is -0.490. The summed E-state index contributed by atoms with van der Waals surface area (Å²) in [5, 5.41) is 0.712. The van der Waals surface area contributed by atoms with Gasteiger partial charge in [0, 0.05) is 18.0 Å². The molecule has 114 valence electrons. The molecule has 0 spiro atoms. The highest BCUT2D eigenvalue weighted by molar-refractivity contribution is 6.30. The van der Waals surface area contributed by atoms with E-state index in [0.29, 0.717) is 30.3 Å². The average Bonchev–Trinajstić information content (AvgIpc) is 2.63. The highest BCUT2D eigenvalue weighted by atomic mass is 35.5. The lowest BCUT2D eigenvalue weighted by molar-refractivity contribution is -0.139. The van der Waals surface area contributed by atoms with E-state index in [4.69, 9.17) is 17.3 Å². The van der Waals surface area contributed by atoms with Crippen LogP contribution in [0.15, 0.2) is 24.3 Å². The fourth-order valence-corrected chi connectivity index (χ4v) is 3.20. The molecule has 5 heteroatoms.